The van der Waals surface area contributed by atoms with Crippen LogP contribution in [0.2, 0.25) is 0 Å². The molecule has 1 aliphatic heterocycles. The van der Waals surface area contributed by atoms with Gasteiger partial charge in [0.05, 0.1) is 4.88 Å². The topological polar surface area (TPSA) is 41.1 Å². The standard InChI is InChI=1S/C13H14N2OS/c16-13(15-10-5-6-14-8-10)12-7-9-3-1-2-4-11(9)17-12/h1-4,7,10,14H,5-6,8H2,(H,15,16)/t10-/m0/s1. The lowest BCUT2D eigenvalue weighted by atomic mass is 10.2. The van der Waals surface area contributed by atoms with Gasteiger partial charge in [-0.2, -0.15) is 0 Å². The highest BCUT2D eigenvalue weighted by molar-refractivity contribution is 7.20. The van der Waals surface area contributed by atoms with E-state index in [0.29, 0.717) is 0 Å². The highest BCUT2D eigenvalue weighted by Gasteiger charge is 2.18. The molecule has 17 heavy (non-hydrogen) atoms. The molecule has 0 bridgehead atoms. The molecular weight excluding hydrogens is 232 g/mol. The SMILES string of the molecule is O=C(N[C@H]1CCNC1)c1cc2ccccc2s1. The molecule has 1 amide bonds. The molecule has 0 saturated carbocycles. The normalized spacial score (nSPS) is 19.6. The van der Waals surface area contributed by atoms with Crippen LogP contribution in [-0.2, 0) is 0 Å². The van der Waals surface area contributed by atoms with Crippen molar-refractivity contribution in [2.24, 2.45) is 0 Å². The number of fused-ring (bicyclic) bond motifs is 1. The molecule has 3 nitrogen and oxygen atoms in total. The minimum absolute atomic E-state index is 0.0555. The van der Waals surface area contributed by atoms with Gasteiger partial charge < -0.3 is 10.6 Å². The quantitative estimate of drug-likeness (QED) is 0.851. The van der Waals surface area contributed by atoms with Crippen LogP contribution in [0.5, 0.6) is 0 Å². The van der Waals surface area contributed by atoms with E-state index in [-0.39, 0.29) is 11.9 Å². The molecule has 4 heteroatoms. The average Bonchev–Trinajstić information content (AvgIpc) is 2.96. The molecule has 1 saturated heterocycles. The molecule has 1 fully saturated rings. The van der Waals surface area contributed by atoms with Gasteiger partial charge in [0.25, 0.3) is 5.91 Å². The van der Waals surface area contributed by atoms with Crippen molar-refractivity contribution < 1.29 is 4.79 Å². The number of benzene rings is 1. The summed E-state index contributed by atoms with van der Waals surface area (Å²) < 4.78 is 1.17. The van der Waals surface area contributed by atoms with Crippen molar-refractivity contribution in [2.45, 2.75) is 12.5 Å². The predicted octanol–water partition coefficient (Wildman–Crippen LogP) is 1.99. The number of nitrogens with one attached hydrogen (secondary N) is 2. The van der Waals surface area contributed by atoms with E-state index in [9.17, 15) is 4.79 Å². The minimum atomic E-state index is 0.0555. The summed E-state index contributed by atoms with van der Waals surface area (Å²) in [5.41, 5.74) is 0. The summed E-state index contributed by atoms with van der Waals surface area (Å²) in [4.78, 5) is 12.8. The number of hydrogen-bond acceptors (Lipinski definition) is 3. The number of carbonyl (C=O) groups excluding carboxylic acids is 1. The maximum atomic E-state index is 12.0. The zero-order chi connectivity index (χ0) is 11.7. The summed E-state index contributed by atoms with van der Waals surface area (Å²) in [5.74, 6) is 0.0555. The molecule has 0 spiro atoms. The van der Waals surface area contributed by atoms with Crippen molar-refractivity contribution in [3.8, 4) is 0 Å². The van der Waals surface area contributed by atoms with Gasteiger partial charge in [-0.3, -0.25) is 4.79 Å². The van der Waals surface area contributed by atoms with Crippen molar-refractivity contribution in [3.63, 3.8) is 0 Å². The van der Waals surface area contributed by atoms with Gasteiger partial charge in [0, 0.05) is 17.3 Å². The maximum absolute atomic E-state index is 12.0. The fourth-order valence-electron chi connectivity index (χ4n) is 2.13. The molecule has 1 aliphatic rings. The molecule has 2 heterocycles. The van der Waals surface area contributed by atoms with E-state index in [0.717, 1.165) is 29.8 Å². The monoisotopic (exact) mass is 246 g/mol. The highest BCUT2D eigenvalue weighted by Crippen LogP contribution is 2.25. The third kappa shape index (κ3) is 2.18. The Balaban J connectivity index is 1.80. The largest absolute Gasteiger partial charge is 0.347 e. The van der Waals surface area contributed by atoms with Crippen LogP contribution < -0.4 is 10.6 Å². The second kappa shape index (κ2) is 4.47. The second-order valence-corrected chi connectivity index (χ2v) is 5.40. The van der Waals surface area contributed by atoms with Crippen LogP contribution in [0.4, 0.5) is 0 Å². The maximum Gasteiger partial charge on any atom is 0.261 e. The number of amides is 1. The zero-order valence-corrected chi connectivity index (χ0v) is 10.2. The molecule has 2 aromatic rings. The number of hydrogen-bond donors (Lipinski definition) is 2. The summed E-state index contributed by atoms with van der Waals surface area (Å²) in [6.07, 6.45) is 1.02. The van der Waals surface area contributed by atoms with Gasteiger partial charge in [0.1, 0.15) is 0 Å². The zero-order valence-electron chi connectivity index (χ0n) is 9.40. The lowest BCUT2D eigenvalue weighted by molar-refractivity contribution is 0.0944. The van der Waals surface area contributed by atoms with E-state index < -0.39 is 0 Å². The van der Waals surface area contributed by atoms with Crippen LogP contribution in [0.25, 0.3) is 10.1 Å². The molecule has 2 N–H and O–H groups in total. The molecule has 1 aromatic heterocycles. The fraction of sp³-hybridized carbons (Fsp3) is 0.308. The summed E-state index contributed by atoms with van der Waals surface area (Å²) in [6.45, 7) is 1.88. The predicted molar refractivity (Wildman–Crippen MR) is 70.6 cm³/mol. The van der Waals surface area contributed by atoms with Crippen LogP contribution in [0.3, 0.4) is 0 Å². The Morgan fingerprint density at radius 2 is 2.29 bits per heavy atom. The van der Waals surface area contributed by atoms with Crippen LogP contribution >= 0.6 is 11.3 Å². The van der Waals surface area contributed by atoms with Crippen LogP contribution in [0.1, 0.15) is 16.1 Å². The summed E-state index contributed by atoms with van der Waals surface area (Å²) >= 11 is 1.56. The van der Waals surface area contributed by atoms with E-state index in [4.69, 9.17) is 0 Å². The lowest BCUT2D eigenvalue weighted by Crippen LogP contribution is -2.35. The smallest absolute Gasteiger partial charge is 0.261 e. The Bertz CT molecular complexity index is 510. The summed E-state index contributed by atoms with van der Waals surface area (Å²) in [7, 11) is 0. The first-order chi connectivity index (χ1) is 8.33. The third-order valence-electron chi connectivity index (χ3n) is 3.04. The number of carbonyl (C=O) groups is 1. The molecule has 1 atom stereocenters. The van der Waals surface area contributed by atoms with E-state index in [1.807, 2.05) is 30.3 Å². The molecule has 88 valence electrons. The Morgan fingerprint density at radius 1 is 1.41 bits per heavy atom. The van der Waals surface area contributed by atoms with Crippen molar-refractivity contribution in [3.05, 3.63) is 35.2 Å². The van der Waals surface area contributed by atoms with Gasteiger partial charge in [0.15, 0.2) is 0 Å². The Morgan fingerprint density at radius 3 is 3.06 bits per heavy atom. The summed E-state index contributed by atoms with van der Waals surface area (Å²) in [5, 5.41) is 7.46. The van der Waals surface area contributed by atoms with Crippen molar-refractivity contribution >= 4 is 27.3 Å². The van der Waals surface area contributed by atoms with Gasteiger partial charge in [0.2, 0.25) is 0 Å². The van der Waals surface area contributed by atoms with Crippen molar-refractivity contribution in [1.29, 1.82) is 0 Å². The van der Waals surface area contributed by atoms with Gasteiger partial charge in [-0.25, -0.2) is 0 Å². The number of thiophene rings is 1. The van der Waals surface area contributed by atoms with Gasteiger partial charge in [-0.05, 0) is 30.5 Å². The molecule has 3 rings (SSSR count). The van der Waals surface area contributed by atoms with E-state index in [1.165, 1.54) is 4.70 Å². The lowest BCUT2D eigenvalue weighted by Gasteiger charge is -2.09. The van der Waals surface area contributed by atoms with Crippen LogP contribution in [0.15, 0.2) is 30.3 Å². The molecule has 0 unspecified atom stereocenters. The molecular formula is C13H14N2OS. The first-order valence-corrected chi connectivity index (χ1v) is 6.65. The third-order valence-corrected chi connectivity index (χ3v) is 4.16. The van der Waals surface area contributed by atoms with Gasteiger partial charge in [-0.15, -0.1) is 11.3 Å². The van der Waals surface area contributed by atoms with E-state index in [2.05, 4.69) is 10.6 Å². The Labute approximate surface area is 104 Å². The highest BCUT2D eigenvalue weighted by atomic mass is 32.1. The fourth-order valence-corrected chi connectivity index (χ4v) is 3.09. The Kier molecular flexibility index (Phi) is 2.82. The minimum Gasteiger partial charge on any atom is -0.347 e. The van der Waals surface area contributed by atoms with Crippen LogP contribution in [0, 0.1) is 0 Å². The van der Waals surface area contributed by atoms with E-state index >= 15 is 0 Å². The molecule has 1 aromatic carbocycles. The molecule has 0 aliphatic carbocycles. The van der Waals surface area contributed by atoms with E-state index in [1.54, 1.807) is 11.3 Å². The second-order valence-electron chi connectivity index (χ2n) is 4.31. The molecule has 0 radical (unpaired) electrons. The van der Waals surface area contributed by atoms with Crippen molar-refractivity contribution in [1.82, 2.24) is 10.6 Å². The summed E-state index contributed by atoms with van der Waals surface area (Å²) in [6, 6.07) is 10.3. The van der Waals surface area contributed by atoms with Crippen LogP contribution in [-0.4, -0.2) is 25.0 Å². The van der Waals surface area contributed by atoms with Gasteiger partial charge >= 0.3 is 0 Å². The first-order valence-electron chi connectivity index (χ1n) is 5.83. The average molecular weight is 246 g/mol. The first kappa shape index (κ1) is 10.7. The Hall–Kier alpha value is -1.39. The number of rotatable bonds is 2. The van der Waals surface area contributed by atoms with Gasteiger partial charge in [-0.1, -0.05) is 18.2 Å². The van der Waals surface area contributed by atoms with Crippen molar-refractivity contribution in [2.75, 3.05) is 13.1 Å².